The number of nitrogens with zero attached hydrogens (tertiary/aromatic N) is 7. The van der Waals surface area contributed by atoms with Gasteiger partial charge in [-0.25, -0.2) is 9.98 Å². The highest BCUT2D eigenvalue weighted by Gasteiger charge is 2.40. The first-order valence-corrected chi connectivity index (χ1v) is 24.0. The zero-order chi connectivity index (χ0) is 48.0. The summed E-state index contributed by atoms with van der Waals surface area (Å²) in [6.45, 7) is 1.81. The number of aliphatic hydroxyl groups is 4. The average Bonchev–Trinajstić information content (AvgIpc) is 3.29. The Balaban J connectivity index is 1.28. The molecule has 0 radical (unpaired) electrons. The first kappa shape index (κ1) is 49.9. The maximum atomic E-state index is 13.0. The van der Waals surface area contributed by atoms with Gasteiger partial charge in [-0.3, -0.25) is 14.4 Å². The highest BCUT2D eigenvalue weighted by molar-refractivity contribution is 7.86. The molecule has 1 aliphatic heterocycles. The van der Waals surface area contributed by atoms with Crippen LogP contribution in [0.25, 0.3) is 6.08 Å². The van der Waals surface area contributed by atoms with Crippen LogP contribution in [0, 0.1) is 5.41 Å². The molecule has 0 saturated carbocycles. The third kappa shape index (κ3) is 14.0. The van der Waals surface area contributed by atoms with Gasteiger partial charge in [-0.1, -0.05) is 67.6 Å². The van der Waals surface area contributed by atoms with Gasteiger partial charge in [0.25, 0.3) is 20.2 Å². The van der Waals surface area contributed by atoms with Gasteiger partial charge in [0.05, 0.1) is 13.2 Å². The average molecular weight is 963 g/mol. The predicted octanol–water partition coefficient (Wildman–Crippen LogP) is 2.49. The molecule has 4 aromatic rings. The zero-order valence-corrected chi connectivity index (χ0v) is 38.0. The second-order valence-corrected chi connectivity index (χ2v) is 18.3. The van der Waals surface area contributed by atoms with E-state index in [1.54, 1.807) is 28.0 Å². The minimum absolute atomic E-state index is 0.0245. The molecular formula is C43H54N12O10S2. The Morgan fingerprint density at radius 3 is 1.91 bits per heavy atom. The predicted molar refractivity (Wildman–Crippen MR) is 255 cm³/mol. The van der Waals surface area contributed by atoms with Crippen LogP contribution in [0.1, 0.15) is 25.3 Å². The fourth-order valence-electron chi connectivity index (χ4n) is 6.99. The summed E-state index contributed by atoms with van der Waals surface area (Å²) in [7, 11) is -9.74. The number of para-hydroxylation sites is 2. The maximum absolute atomic E-state index is 13.0. The van der Waals surface area contributed by atoms with Gasteiger partial charge in [0.1, 0.15) is 10.1 Å². The Morgan fingerprint density at radius 1 is 0.716 bits per heavy atom. The van der Waals surface area contributed by atoms with Crippen molar-refractivity contribution in [1.82, 2.24) is 30.5 Å². The number of rotatable bonds is 22. The van der Waals surface area contributed by atoms with Crippen LogP contribution in [-0.4, -0.2) is 142 Å². The molecule has 3 aromatic carbocycles. The van der Waals surface area contributed by atoms with Crippen LogP contribution < -0.4 is 31.5 Å². The minimum atomic E-state index is -4.91. The molecule has 6 rings (SSSR count). The lowest BCUT2D eigenvalue weighted by Gasteiger charge is -2.33. The Labute approximate surface area is 388 Å². The van der Waals surface area contributed by atoms with E-state index in [-0.39, 0.29) is 80.3 Å². The molecule has 2 heterocycles. The Hall–Kier alpha value is -6.51. The summed E-state index contributed by atoms with van der Waals surface area (Å²) in [5.41, 5.74) is 0.217. The molecule has 0 saturated heterocycles. The Bertz CT molecular complexity index is 2690. The first-order chi connectivity index (χ1) is 32.1. The van der Waals surface area contributed by atoms with Gasteiger partial charge in [-0.2, -0.15) is 31.8 Å². The number of benzene rings is 3. The normalized spacial score (nSPS) is 18.3. The summed E-state index contributed by atoms with van der Waals surface area (Å²) < 4.78 is 72.8. The smallest absolute Gasteiger partial charge is 0.295 e. The van der Waals surface area contributed by atoms with Crippen LogP contribution >= 0.6 is 0 Å². The Kier molecular flexibility index (Phi) is 17.0. The standard InChI is InChI=1S/C43H54N12O10S2/c1-43(19-17-34(29-36(43)67(63,64)65)47-40-49-38(45-32-12-6-3-7-13-32)51-42(53-40)55(23-27-59)21-9-25-57)18-16-30-14-15-33(28-35(30)66(60,61)62)46-39-48-37(44-31-10-4-2-5-11-31)50-41(52-39)54(22-26-58)20-8-24-56/h2-7,10-19,28-29,36,40,47,56-59H,8-9,20-27H2,1H3,(H,60,61,62)(H,63,64,65)(H2,45,49,51,53)(H2,44,46,48,50,52)/b18-16-. The maximum Gasteiger partial charge on any atom is 0.295 e. The molecule has 3 unspecified atom stereocenters. The van der Waals surface area contributed by atoms with Crippen molar-refractivity contribution in [1.29, 1.82) is 0 Å². The van der Waals surface area contributed by atoms with Crippen molar-refractivity contribution in [3.63, 3.8) is 0 Å². The van der Waals surface area contributed by atoms with Crippen LogP contribution in [0.4, 0.5) is 34.9 Å². The van der Waals surface area contributed by atoms with Gasteiger partial charge >= 0.3 is 0 Å². The minimum Gasteiger partial charge on any atom is -0.396 e. The molecular weight excluding hydrogens is 909 g/mol. The second kappa shape index (κ2) is 22.8. The van der Waals surface area contributed by atoms with Gasteiger partial charge in [0.15, 0.2) is 0 Å². The molecule has 1 aliphatic carbocycles. The molecule has 3 atom stereocenters. The van der Waals surface area contributed by atoms with Crippen LogP contribution in [0.2, 0.25) is 0 Å². The van der Waals surface area contributed by atoms with E-state index in [0.717, 1.165) is 6.07 Å². The third-order valence-electron chi connectivity index (χ3n) is 10.3. The molecule has 1 aromatic heterocycles. The van der Waals surface area contributed by atoms with E-state index in [1.165, 1.54) is 43.4 Å². The summed E-state index contributed by atoms with van der Waals surface area (Å²) in [6.07, 6.45) is 6.75. The van der Waals surface area contributed by atoms with Crippen LogP contribution in [0.3, 0.4) is 0 Å². The molecule has 0 fully saturated rings. The van der Waals surface area contributed by atoms with Gasteiger partial charge < -0.3 is 51.5 Å². The fourth-order valence-corrected chi connectivity index (χ4v) is 8.82. The number of aliphatic hydroxyl groups excluding tert-OH is 4. The van der Waals surface area contributed by atoms with Gasteiger partial charge in [0.2, 0.25) is 36.1 Å². The van der Waals surface area contributed by atoms with E-state index >= 15 is 0 Å². The molecule has 0 spiro atoms. The number of aromatic nitrogens is 3. The summed E-state index contributed by atoms with van der Waals surface area (Å²) in [5, 5.41) is 52.3. The number of anilines is 6. The van der Waals surface area contributed by atoms with Crippen molar-refractivity contribution in [2.75, 3.05) is 73.5 Å². The summed E-state index contributed by atoms with van der Waals surface area (Å²) >= 11 is 0. The zero-order valence-electron chi connectivity index (χ0n) is 36.4. The Morgan fingerprint density at radius 2 is 1.31 bits per heavy atom. The van der Waals surface area contributed by atoms with Crippen molar-refractivity contribution in [2.24, 2.45) is 15.4 Å². The molecule has 22 nitrogen and oxygen atoms in total. The molecule has 0 amide bonds. The van der Waals surface area contributed by atoms with E-state index in [9.17, 15) is 46.4 Å². The monoisotopic (exact) mass is 962 g/mol. The molecule has 0 bridgehead atoms. The molecule has 2 aliphatic rings. The van der Waals surface area contributed by atoms with E-state index in [0.29, 0.717) is 43.3 Å². The number of guanidine groups is 2. The van der Waals surface area contributed by atoms with Crippen molar-refractivity contribution >= 4 is 73.1 Å². The second-order valence-electron chi connectivity index (χ2n) is 15.4. The summed E-state index contributed by atoms with van der Waals surface area (Å²) in [6, 6.07) is 22.2. The van der Waals surface area contributed by atoms with Crippen molar-refractivity contribution in [3.05, 3.63) is 114 Å². The number of hydrogen-bond acceptors (Lipinski definition) is 20. The number of hydrogen-bond donors (Lipinski definition) is 11. The third-order valence-corrected chi connectivity index (χ3v) is 12.5. The van der Waals surface area contributed by atoms with Crippen molar-refractivity contribution < 1.29 is 46.4 Å². The quantitative estimate of drug-likeness (QED) is 0.0504. The largest absolute Gasteiger partial charge is 0.396 e. The van der Waals surface area contributed by atoms with E-state index in [4.69, 9.17) is 0 Å². The van der Waals surface area contributed by atoms with Crippen LogP contribution in [0.15, 0.2) is 124 Å². The number of nitrogens with one attached hydrogen (secondary N) is 5. The van der Waals surface area contributed by atoms with E-state index < -0.39 is 42.1 Å². The van der Waals surface area contributed by atoms with Gasteiger partial charge in [-0.15, -0.1) is 0 Å². The van der Waals surface area contributed by atoms with E-state index in [1.807, 2.05) is 48.5 Å². The van der Waals surface area contributed by atoms with Gasteiger partial charge in [-0.05, 0) is 67.0 Å². The highest BCUT2D eigenvalue weighted by Crippen LogP contribution is 2.37. The lowest BCUT2D eigenvalue weighted by atomic mass is 9.81. The number of allylic oxidation sites excluding steroid dienone is 3. The first-order valence-electron chi connectivity index (χ1n) is 21.1. The van der Waals surface area contributed by atoms with Crippen molar-refractivity contribution in [2.45, 2.75) is 36.2 Å². The summed E-state index contributed by atoms with van der Waals surface area (Å²) in [5.74, 6) is 0.812. The molecule has 67 heavy (non-hydrogen) atoms. The lowest BCUT2D eigenvalue weighted by Crippen LogP contribution is -2.52. The van der Waals surface area contributed by atoms with Crippen LogP contribution in [0.5, 0.6) is 0 Å². The lowest BCUT2D eigenvalue weighted by molar-refractivity contribution is 0.226. The fraction of sp³-hybridized carbons (Fsp3) is 0.326. The molecule has 358 valence electrons. The van der Waals surface area contributed by atoms with Crippen LogP contribution in [-0.2, 0) is 20.2 Å². The van der Waals surface area contributed by atoms with Crippen molar-refractivity contribution in [3.8, 4) is 0 Å². The van der Waals surface area contributed by atoms with Gasteiger partial charge in [0, 0.05) is 67.6 Å². The topological polar surface area (TPSA) is 320 Å². The highest BCUT2D eigenvalue weighted by atomic mass is 32.2. The summed E-state index contributed by atoms with van der Waals surface area (Å²) in [4.78, 5) is 25.5. The molecule has 24 heteroatoms. The number of aliphatic imine (C=N–C) groups is 2. The molecule has 11 N–H and O–H groups in total. The SMILES string of the molecule is CC1(/C=C\c2ccc(Nc3nc(Nc4ccccc4)nc(N(CCO)CCCO)n3)cc2S(=O)(=O)O)C=CC(NC2N=C(Nc3ccccc3)NC(N(CCO)CCCO)=N2)=CC1S(=O)(=O)O. The van der Waals surface area contributed by atoms with E-state index in [2.05, 4.69) is 51.5 Å².